The molecular formula is C13H8BrClN2O3. The Morgan fingerprint density at radius 3 is 2.45 bits per heavy atom. The van der Waals surface area contributed by atoms with Crippen molar-refractivity contribution in [1.82, 2.24) is 0 Å². The van der Waals surface area contributed by atoms with Crippen LogP contribution in [0, 0.1) is 10.1 Å². The smallest absolute Gasteiger partial charge is 0.270 e. The van der Waals surface area contributed by atoms with Crippen LogP contribution in [-0.4, -0.2) is 10.8 Å². The van der Waals surface area contributed by atoms with Gasteiger partial charge in [-0.3, -0.25) is 14.9 Å². The van der Waals surface area contributed by atoms with E-state index in [0.29, 0.717) is 15.2 Å². The number of nitrogens with zero attached hydrogens (tertiary/aromatic N) is 1. The van der Waals surface area contributed by atoms with E-state index in [1.807, 2.05) is 0 Å². The van der Waals surface area contributed by atoms with Gasteiger partial charge in [-0.25, -0.2) is 0 Å². The predicted molar refractivity (Wildman–Crippen MR) is 80.2 cm³/mol. The fourth-order valence-corrected chi connectivity index (χ4v) is 2.09. The molecule has 0 radical (unpaired) electrons. The summed E-state index contributed by atoms with van der Waals surface area (Å²) in [5.41, 5.74) is 0.599. The van der Waals surface area contributed by atoms with Crippen LogP contribution in [0.2, 0.25) is 5.02 Å². The first kappa shape index (κ1) is 14.5. The number of anilines is 1. The molecule has 0 heterocycles. The molecule has 2 rings (SSSR count). The van der Waals surface area contributed by atoms with E-state index in [1.54, 1.807) is 24.3 Å². The molecule has 0 aliphatic heterocycles. The molecule has 102 valence electrons. The molecule has 0 saturated heterocycles. The molecule has 7 heteroatoms. The lowest BCUT2D eigenvalue weighted by Crippen LogP contribution is -2.12. The summed E-state index contributed by atoms with van der Waals surface area (Å²) in [5.74, 6) is -0.442. The Labute approximate surface area is 127 Å². The number of halogens is 2. The maximum Gasteiger partial charge on any atom is 0.270 e. The highest BCUT2D eigenvalue weighted by Gasteiger charge is 2.15. The van der Waals surface area contributed by atoms with Crippen LogP contribution in [0.4, 0.5) is 11.4 Å². The van der Waals surface area contributed by atoms with E-state index in [0.717, 1.165) is 0 Å². The van der Waals surface area contributed by atoms with Crippen molar-refractivity contribution >= 4 is 44.8 Å². The minimum atomic E-state index is -0.550. The number of nitro groups is 1. The molecule has 2 aromatic rings. The van der Waals surface area contributed by atoms with Crippen molar-refractivity contribution in [2.45, 2.75) is 0 Å². The van der Waals surface area contributed by atoms with Gasteiger partial charge in [0.05, 0.1) is 10.5 Å². The van der Waals surface area contributed by atoms with Crippen LogP contribution in [-0.2, 0) is 0 Å². The molecule has 0 unspecified atom stereocenters. The molecular weight excluding hydrogens is 348 g/mol. The number of carbonyl (C=O) groups excluding carboxylic acids is 1. The van der Waals surface area contributed by atoms with Gasteiger partial charge >= 0.3 is 0 Å². The Kier molecular flexibility index (Phi) is 4.36. The van der Waals surface area contributed by atoms with Gasteiger partial charge in [0.2, 0.25) is 0 Å². The van der Waals surface area contributed by atoms with E-state index in [9.17, 15) is 14.9 Å². The summed E-state index contributed by atoms with van der Waals surface area (Å²) in [7, 11) is 0. The first-order valence-electron chi connectivity index (χ1n) is 5.48. The van der Waals surface area contributed by atoms with Crippen molar-refractivity contribution < 1.29 is 9.72 Å². The molecule has 0 aromatic heterocycles. The van der Waals surface area contributed by atoms with Gasteiger partial charge in [0.25, 0.3) is 11.6 Å². The number of rotatable bonds is 3. The zero-order chi connectivity index (χ0) is 14.7. The Morgan fingerprint density at radius 1 is 1.20 bits per heavy atom. The molecule has 0 atom stereocenters. The number of benzene rings is 2. The Balaban J connectivity index is 2.26. The maximum absolute atomic E-state index is 12.1. The van der Waals surface area contributed by atoms with Gasteiger partial charge in [-0.1, -0.05) is 11.6 Å². The van der Waals surface area contributed by atoms with E-state index in [-0.39, 0.29) is 11.3 Å². The van der Waals surface area contributed by atoms with Crippen molar-refractivity contribution in [2.24, 2.45) is 0 Å². The van der Waals surface area contributed by atoms with Crippen molar-refractivity contribution in [1.29, 1.82) is 0 Å². The zero-order valence-electron chi connectivity index (χ0n) is 9.97. The minimum Gasteiger partial charge on any atom is -0.322 e. The van der Waals surface area contributed by atoms with E-state index in [2.05, 4.69) is 21.2 Å². The van der Waals surface area contributed by atoms with Crippen LogP contribution in [0.15, 0.2) is 46.9 Å². The molecule has 0 spiro atoms. The average molecular weight is 356 g/mol. The van der Waals surface area contributed by atoms with E-state index in [4.69, 9.17) is 11.6 Å². The molecule has 0 aliphatic carbocycles. The molecule has 5 nitrogen and oxygen atoms in total. The van der Waals surface area contributed by atoms with Crippen LogP contribution in [0.25, 0.3) is 0 Å². The quantitative estimate of drug-likeness (QED) is 0.660. The van der Waals surface area contributed by atoms with Gasteiger partial charge in [0.15, 0.2) is 0 Å². The summed E-state index contributed by atoms with van der Waals surface area (Å²) in [4.78, 5) is 22.3. The summed E-state index contributed by atoms with van der Waals surface area (Å²) in [6, 6.07) is 10.6. The van der Waals surface area contributed by atoms with E-state index in [1.165, 1.54) is 18.2 Å². The van der Waals surface area contributed by atoms with Crippen LogP contribution in [0.1, 0.15) is 10.4 Å². The van der Waals surface area contributed by atoms with Crippen LogP contribution in [0.5, 0.6) is 0 Å². The van der Waals surface area contributed by atoms with Gasteiger partial charge in [-0.2, -0.15) is 0 Å². The van der Waals surface area contributed by atoms with Crippen LogP contribution >= 0.6 is 27.5 Å². The molecule has 0 aliphatic rings. The molecule has 0 bridgehead atoms. The summed E-state index contributed by atoms with van der Waals surface area (Å²) in [6.07, 6.45) is 0. The lowest BCUT2D eigenvalue weighted by molar-refractivity contribution is -0.384. The molecule has 2 aromatic carbocycles. The third kappa shape index (κ3) is 3.34. The largest absolute Gasteiger partial charge is 0.322 e. The van der Waals surface area contributed by atoms with Crippen molar-refractivity contribution in [3.63, 3.8) is 0 Å². The first-order valence-corrected chi connectivity index (χ1v) is 6.65. The van der Waals surface area contributed by atoms with Gasteiger partial charge in [-0.15, -0.1) is 0 Å². The third-order valence-corrected chi connectivity index (χ3v) is 3.45. The second-order valence-electron chi connectivity index (χ2n) is 3.88. The van der Waals surface area contributed by atoms with E-state index < -0.39 is 10.8 Å². The van der Waals surface area contributed by atoms with Gasteiger partial charge < -0.3 is 5.32 Å². The number of hydrogen-bond acceptors (Lipinski definition) is 3. The first-order chi connectivity index (χ1) is 9.47. The van der Waals surface area contributed by atoms with Gasteiger partial charge in [0, 0.05) is 27.3 Å². The number of nitrogens with one attached hydrogen (secondary N) is 1. The van der Waals surface area contributed by atoms with Crippen LogP contribution < -0.4 is 5.32 Å². The average Bonchev–Trinajstić information content (AvgIpc) is 2.41. The number of non-ortho nitro benzene ring substituents is 1. The van der Waals surface area contributed by atoms with Crippen molar-refractivity contribution in [3.05, 3.63) is 67.6 Å². The molecule has 0 fully saturated rings. The highest BCUT2D eigenvalue weighted by atomic mass is 79.9. The summed E-state index contributed by atoms with van der Waals surface area (Å²) >= 11 is 8.95. The Bertz CT molecular complexity index is 674. The van der Waals surface area contributed by atoms with Gasteiger partial charge in [-0.05, 0) is 46.3 Å². The number of hydrogen-bond donors (Lipinski definition) is 1. The lowest BCUT2D eigenvalue weighted by Gasteiger charge is -2.07. The predicted octanol–water partition coefficient (Wildman–Crippen LogP) is 4.26. The fourth-order valence-electron chi connectivity index (χ4n) is 1.53. The number of nitro benzene ring substituents is 1. The molecule has 1 amide bonds. The summed E-state index contributed by atoms with van der Waals surface area (Å²) < 4.78 is 0.481. The minimum absolute atomic E-state index is 0.144. The molecule has 20 heavy (non-hydrogen) atoms. The highest BCUT2D eigenvalue weighted by Crippen LogP contribution is 2.24. The second-order valence-corrected chi connectivity index (χ2v) is 5.17. The second kappa shape index (κ2) is 6.02. The van der Waals surface area contributed by atoms with Gasteiger partial charge in [0.1, 0.15) is 0 Å². The molecule has 0 saturated carbocycles. The van der Waals surface area contributed by atoms with Crippen molar-refractivity contribution in [2.75, 3.05) is 5.32 Å². The fraction of sp³-hybridized carbons (Fsp3) is 0. The highest BCUT2D eigenvalue weighted by molar-refractivity contribution is 9.10. The SMILES string of the molecule is O=C(Nc1ccc(Cl)cc1)c1cc([N+](=O)[O-])ccc1Br. The topological polar surface area (TPSA) is 72.2 Å². The van der Waals surface area contributed by atoms with Crippen LogP contribution in [0.3, 0.4) is 0 Å². The Hall–Kier alpha value is -1.92. The normalized spacial score (nSPS) is 10.1. The number of carbonyl (C=O) groups is 1. The number of amides is 1. The zero-order valence-corrected chi connectivity index (χ0v) is 12.3. The van der Waals surface area contributed by atoms with Crippen molar-refractivity contribution in [3.8, 4) is 0 Å². The Morgan fingerprint density at radius 2 is 1.85 bits per heavy atom. The summed E-state index contributed by atoms with van der Waals surface area (Å²) in [6.45, 7) is 0. The summed E-state index contributed by atoms with van der Waals surface area (Å²) in [5, 5.41) is 13.9. The molecule has 1 N–H and O–H groups in total. The lowest BCUT2D eigenvalue weighted by atomic mass is 10.2. The third-order valence-electron chi connectivity index (χ3n) is 2.51. The standard InChI is InChI=1S/C13H8BrClN2O3/c14-12-6-5-10(17(19)20)7-11(12)13(18)16-9-3-1-8(15)2-4-9/h1-7H,(H,16,18). The van der Waals surface area contributed by atoms with E-state index >= 15 is 0 Å². The monoisotopic (exact) mass is 354 g/mol. The maximum atomic E-state index is 12.1.